The molecule has 10 heteroatoms. The first-order chi connectivity index (χ1) is 21.4. The Morgan fingerprint density at radius 2 is 1.84 bits per heavy atom. The van der Waals surface area contributed by atoms with Crippen LogP contribution in [-0.4, -0.2) is 68.7 Å². The Labute approximate surface area is 262 Å². The Morgan fingerprint density at radius 3 is 2.66 bits per heavy atom. The Morgan fingerprint density at radius 1 is 1.02 bits per heavy atom. The highest BCUT2D eigenvalue weighted by Crippen LogP contribution is 2.22. The molecule has 6 rings (SSSR count). The summed E-state index contributed by atoms with van der Waals surface area (Å²) in [5, 5.41) is 13.0. The number of hydrogen-bond acceptors (Lipinski definition) is 6. The van der Waals surface area contributed by atoms with Crippen LogP contribution in [0, 0.1) is 6.92 Å². The Hall–Kier alpha value is -4.21. The fraction of sp³-hybridized carbons (Fsp3) is 0.353. The standard InChI is InChI=1S/C34H38ClN7O2/c1-24-9-7-11-27(21-24)40-20-19-39(22-25(40)2)18-8-17-36-32(43)16-15-31-37-38-34-41(23-26-10-3-5-13-29(26)35)33(44)28-12-4-6-14-30(28)42(31)34/h3-7,9-14,21,25H,8,15-20,22-23H2,1-2H3,(H,36,43). The maximum atomic E-state index is 13.5. The predicted octanol–water partition coefficient (Wildman–Crippen LogP) is 4.70. The van der Waals surface area contributed by atoms with E-state index in [9.17, 15) is 9.59 Å². The molecule has 0 aliphatic carbocycles. The number of fused-ring (bicyclic) bond motifs is 3. The minimum Gasteiger partial charge on any atom is -0.366 e. The van der Waals surface area contributed by atoms with Crippen LogP contribution in [0.2, 0.25) is 5.02 Å². The first-order valence-electron chi connectivity index (χ1n) is 15.3. The number of halogens is 1. The third-order valence-electron chi connectivity index (χ3n) is 8.46. The molecular weight excluding hydrogens is 574 g/mol. The van der Waals surface area contributed by atoms with Crippen molar-refractivity contribution in [2.45, 2.75) is 45.7 Å². The van der Waals surface area contributed by atoms with Crippen molar-refractivity contribution in [2.24, 2.45) is 0 Å². The molecule has 228 valence electrons. The number of aromatic nitrogens is 4. The molecule has 1 fully saturated rings. The van der Waals surface area contributed by atoms with Crippen LogP contribution in [0.1, 0.15) is 36.7 Å². The molecule has 3 aromatic carbocycles. The van der Waals surface area contributed by atoms with E-state index in [2.05, 4.69) is 63.4 Å². The zero-order chi connectivity index (χ0) is 30.6. The molecule has 5 aromatic rings. The number of benzene rings is 3. The van der Waals surface area contributed by atoms with E-state index >= 15 is 0 Å². The molecule has 1 aliphatic heterocycles. The second kappa shape index (κ2) is 13.2. The number of piperazine rings is 1. The zero-order valence-electron chi connectivity index (χ0n) is 25.2. The number of amides is 1. The normalized spacial score (nSPS) is 15.7. The summed E-state index contributed by atoms with van der Waals surface area (Å²) in [5.74, 6) is 1.05. The number of nitrogens with one attached hydrogen (secondary N) is 1. The fourth-order valence-corrected chi connectivity index (χ4v) is 6.38. The Balaban J connectivity index is 1.05. The zero-order valence-corrected chi connectivity index (χ0v) is 26.0. The molecule has 0 saturated carbocycles. The number of nitrogens with zero attached hydrogens (tertiary/aromatic N) is 6. The van der Waals surface area contributed by atoms with Crippen molar-refractivity contribution >= 4 is 39.9 Å². The van der Waals surface area contributed by atoms with Gasteiger partial charge in [-0.2, -0.15) is 0 Å². The molecule has 2 aromatic heterocycles. The van der Waals surface area contributed by atoms with Gasteiger partial charge in [-0.3, -0.25) is 23.5 Å². The second-order valence-electron chi connectivity index (χ2n) is 11.6. The summed E-state index contributed by atoms with van der Waals surface area (Å²) in [5.41, 5.74) is 3.96. The topological polar surface area (TPSA) is 87.8 Å². The second-order valence-corrected chi connectivity index (χ2v) is 12.0. The van der Waals surface area contributed by atoms with Crippen LogP contribution in [0.25, 0.3) is 16.7 Å². The number of carbonyl (C=O) groups excluding carboxylic acids is 1. The predicted molar refractivity (Wildman–Crippen MR) is 176 cm³/mol. The summed E-state index contributed by atoms with van der Waals surface area (Å²) in [6.07, 6.45) is 1.58. The third kappa shape index (κ3) is 6.34. The number of rotatable bonds is 10. The number of hydrogen-bond donors (Lipinski definition) is 1. The molecule has 0 bridgehead atoms. The van der Waals surface area contributed by atoms with Crippen molar-refractivity contribution in [3.63, 3.8) is 0 Å². The number of aryl methyl sites for hydroxylation is 2. The van der Waals surface area contributed by atoms with E-state index in [0.717, 1.165) is 43.7 Å². The van der Waals surface area contributed by atoms with E-state index in [1.54, 1.807) is 16.7 Å². The lowest BCUT2D eigenvalue weighted by molar-refractivity contribution is -0.121. The van der Waals surface area contributed by atoms with Crippen LogP contribution >= 0.6 is 11.6 Å². The van der Waals surface area contributed by atoms with Crippen molar-refractivity contribution in [1.82, 2.24) is 29.4 Å². The molecule has 1 saturated heterocycles. The summed E-state index contributed by atoms with van der Waals surface area (Å²) in [6.45, 7) is 9.30. The monoisotopic (exact) mass is 611 g/mol. The number of carbonyl (C=O) groups is 1. The lowest BCUT2D eigenvalue weighted by Crippen LogP contribution is -2.52. The van der Waals surface area contributed by atoms with E-state index in [-0.39, 0.29) is 24.4 Å². The summed E-state index contributed by atoms with van der Waals surface area (Å²) in [4.78, 5) is 31.3. The maximum Gasteiger partial charge on any atom is 0.263 e. The van der Waals surface area contributed by atoms with Gasteiger partial charge in [0.1, 0.15) is 5.82 Å². The smallest absolute Gasteiger partial charge is 0.263 e. The van der Waals surface area contributed by atoms with Gasteiger partial charge in [0.15, 0.2) is 0 Å². The van der Waals surface area contributed by atoms with Crippen LogP contribution in [0.4, 0.5) is 5.69 Å². The fourth-order valence-electron chi connectivity index (χ4n) is 6.19. The SMILES string of the molecule is Cc1cccc(N2CCN(CCCNC(=O)CCc3nnc4n(Cc5ccccc5Cl)c(=O)c5ccccc5n34)CC2C)c1. The van der Waals surface area contributed by atoms with Crippen LogP contribution in [-0.2, 0) is 17.8 Å². The van der Waals surface area contributed by atoms with Gasteiger partial charge >= 0.3 is 0 Å². The molecule has 0 spiro atoms. The minimum atomic E-state index is -0.157. The number of para-hydroxylation sites is 1. The molecule has 1 N–H and O–H groups in total. The highest BCUT2D eigenvalue weighted by molar-refractivity contribution is 6.31. The lowest BCUT2D eigenvalue weighted by atomic mass is 10.1. The van der Waals surface area contributed by atoms with Crippen molar-refractivity contribution in [1.29, 1.82) is 0 Å². The summed E-state index contributed by atoms with van der Waals surface area (Å²) < 4.78 is 3.49. The number of anilines is 1. The van der Waals surface area contributed by atoms with E-state index in [1.165, 1.54) is 11.3 Å². The third-order valence-corrected chi connectivity index (χ3v) is 8.82. The molecule has 1 aliphatic rings. The van der Waals surface area contributed by atoms with Crippen molar-refractivity contribution < 1.29 is 4.79 Å². The van der Waals surface area contributed by atoms with Gasteiger partial charge in [-0.05, 0) is 68.3 Å². The highest BCUT2D eigenvalue weighted by Gasteiger charge is 2.24. The van der Waals surface area contributed by atoms with E-state index in [4.69, 9.17) is 11.6 Å². The largest absolute Gasteiger partial charge is 0.366 e. The molecule has 1 atom stereocenters. The highest BCUT2D eigenvalue weighted by atomic mass is 35.5. The van der Waals surface area contributed by atoms with Crippen molar-refractivity contribution in [3.8, 4) is 0 Å². The molecule has 9 nitrogen and oxygen atoms in total. The lowest BCUT2D eigenvalue weighted by Gasteiger charge is -2.41. The average molecular weight is 612 g/mol. The van der Waals surface area contributed by atoms with Gasteiger partial charge < -0.3 is 10.2 Å². The van der Waals surface area contributed by atoms with E-state index in [1.807, 2.05) is 40.8 Å². The van der Waals surface area contributed by atoms with Gasteiger partial charge in [0, 0.05) is 55.8 Å². The summed E-state index contributed by atoms with van der Waals surface area (Å²) >= 11 is 6.41. The Bertz CT molecular complexity index is 1850. The summed E-state index contributed by atoms with van der Waals surface area (Å²) in [6, 6.07) is 24.0. The molecular formula is C34H38ClN7O2. The van der Waals surface area contributed by atoms with E-state index in [0.29, 0.717) is 41.0 Å². The molecule has 1 unspecified atom stereocenters. The van der Waals surface area contributed by atoms with Gasteiger partial charge in [-0.15, -0.1) is 10.2 Å². The van der Waals surface area contributed by atoms with Crippen LogP contribution < -0.4 is 15.8 Å². The molecule has 44 heavy (non-hydrogen) atoms. The van der Waals surface area contributed by atoms with Crippen LogP contribution in [0.3, 0.4) is 0 Å². The van der Waals surface area contributed by atoms with E-state index < -0.39 is 0 Å². The van der Waals surface area contributed by atoms with Crippen LogP contribution in [0.5, 0.6) is 0 Å². The summed E-state index contributed by atoms with van der Waals surface area (Å²) in [7, 11) is 0. The molecule has 0 radical (unpaired) electrons. The van der Waals surface area contributed by atoms with Gasteiger partial charge in [-0.1, -0.05) is 54.1 Å². The van der Waals surface area contributed by atoms with Gasteiger partial charge in [0.2, 0.25) is 11.7 Å². The quantitative estimate of drug-likeness (QED) is 0.230. The maximum absolute atomic E-state index is 13.5. The minimum absolute atomic E-state index is 0.0203. The van der Waals surface area contributed by atoms with Gasteiger partial charge in [0.05, 0.1) is 17.4 Å². The van der Waals surface area contributed by atoms with Gasteiger partial charge in [-0.25, -0.2) is 0 Å². The van der Waals surface area contributed by atoms with Gasteiger partial charge in [0.25, 0.3) is 5.56 Å². The van der Waals surface area contributed by atoms with Crippen LogP contribution in [0.15, 0.2) is 77.6 Å². The molecule has 1 amide bonds. The first kappa shape index (κ1) is 29.8. The molecule has 3 heterocycles. The average Bonchev–Trinajstić information content (AvgIpc) is 3.45. The Kier molecular flexibility index (Phi) is 8.95. The first-order valence-corrected chi connectivity index (χ1v) is 15.7. The van der Waals surface area contributed by atoms with Crippen molar-refractivity contribution in [2.75, 3.05) is 37.6 Å². The van der Waals surface area contributed by atoms with Crippen molar-refractivity contribution in [3.05, 3.63) is 105 Å².